The topological polar surface area (TPSA) is 198 Å². The third kappa shape index (κ3) is 12.4. The highest BCUT2D eigenvalue weighted by Crippen LogP contribution is 2.38. The quantitative estimate of drug-likeness (QED) is 0.0484. The van der Waals surface area contributed by atoms with Crippen LogP contribution in [0, 0.1) is 11.2 Å². The molecule has 2 amide bonds. The van der Waals surface area contributed by atoms with Crippen LogP contribution in [-0.2, 0) is 40.1 Å². The number of benzene rings is 3. The van der Waals surface area contributed by atoms with Gasteiger partial charge in [0.25, 0.3) is 0 Å². The fourth-order valence-corrected chi connectivity index (χ4v) is 10.2. The van der Waals surface area contributed by atoms with Crippen LogP contribution >= 0.6 is 0 Å². The van der Waals surface area contributed by atoms with Crippen molar-refractivity contribution in [1.82, 2.24) is 36.0 Å². The lowest BCUT2D eigenvalue weighted by molar-refractivity contribution is -0.142. The average molecular weight is 973 g/mol. The van der Waals surface area contributed by atoms with Gasteiger partial charge in [0.05, 0.1) is 72.7 Å². The number of likely N-dealkylation sites (N-methyl/N-ethyl adjacent to an activating group) is 1. The van der Waals surface area contributed by atoms with Crippen molar-refractivity contribution in [2.24, 2.45) is 5.41 Å². The highest BCUT2D eigenvalue weighted by molar-refractivity contribution is 7.92. The standard InChI is InChI=1S/C51H69FN8O8S/c1-32(53-8)30-55-46(50(2,3)4)49(62)60-31-35(27-43(60)48(61)57-39-15-11-13-33-12-9-10-14-36(33)39)67-24-22-65-20-21-66-23-25-68-44-29-42-37(28-45(44)69(63,64)51(5,6)7)40(18-19-54-42)56-47-38-26-34(52)16-17-41(38)58-59-47/h9-10,12,14,16-19,26,28-29,32,35,39,43,46,53,55H,11,13,15,20-25,27,30-31H2,1-8H3,(H,57,61)(H2,54,56,58,59)/t32-,35-,39+,43-,46+/m0/s1. The first-order chi connectivity index (χ1) is 32.8. The van der Waals surface area contributed by atoms with E-state index >= 15 is 0 Å². The Morgan fingerprint density at radius 3 is 2.42 bits per heavy atom. The van der Waals surface area contributed by atoms with Gasteiger partial charge in [-0.25, -0.2) is 12.8 Å². The predicted molar refractivity (Wildman–Crippen MR) is 265 cm³/mol. The number of anilines is 2. The van der Waals surface area contributed by atoms with Crippen LogP contribution in [0.5, 0.6) is 5.75 Å². The van der Waals surface area contributed by atoms with Crippen LogP contribution in [-0.4, -0.2) is 129 Å². The maximum absolute atomic E-state index is 14.4. The molecule has 69 heavy (non-hydrogen) atoms. The molecule has 2 aliphatic rings. The van der Waals surface area contributed by atoms with E-state index < -0.39 is 37.9 Å². The number of aromatic amines is 1. The highest BCUT2D eigenvalue weighted by Gasteiger charge is 2.45. The largest absolute Gasteiger partial charge is 0.490 e. The van der Waals surface area contributed by atoms with Crippen molar-refractivity contribution in [3.63, 3.8) is 0 Å². The number of nitrogens with one attached hydrogen (secondary N) is 5. The van der Waals surface area contributed by atoms with E-state index in [-0.39, 0.29) is 86.8 Å². The van der Waals surface area contributed by atoms with Gasteiger partial charge in [0, 0.05) is 48.6 Å². The first-order valence-corrected chi connectivity index (χ1v) is 25.4. The molecule has 0 unspecified atom stereocenters. The molecule has 18 heteroatoms. The summed E-state index contributed by atoms with van der Waals surface area (Å²) in [7, 11) is -2.01. The monoisotopic (exact) mass is 972 g/mol. The van der Waals surface area contributed by atoms with Crippen LogP contribution in [0.15, 0.2) is 71.8 Å². The number of hydrogen-bond donors (Lipinski definition) is 5. The van der Waals surface area contributed by atoms with Gasteiger partial charge in [-0.1, -0.05) is 45.0 Å². The lowest BCUT2D eigenvalue weighted by atomic mass is 9.85. The van der Waals surface area contributed by atoms with E-state index in [0.29, 0.717) is 46.3 Å². The smallest absolute Gasteiger partial charge is 0.243 e. The molecule has 7 rings (SSSR count). The van der Waals surface area contributed by atoms with Gasteiger partial charge in [0.2, 0.25) is 11.8 Å². The Hall–Kier alpha value is -5.24. The van der Waals surface area contributed by atoms with Crippen molar-refractivity contribution in [3.8, 4) is 5.75 Å². The number of pyridine rings is 1. The zero-order valence-electron chi connectivity index (χ0n) is 41.1. The predicted octanol–water partition coefficient (Wildman–Crippen LogP) is 6.77. The molecule has 16 nitrogen and oxygen atoms in total. The van der Waals surface area contributed by atoms with E-state index in [9.17, 15) is 22.4 Å². The van der Waals surface area contributed by atoms with Gasteiger partial charge >= 0.3 is 0 Å². The summed E-state index contributed by atoms with van der Waals surface area (Å²) in [4.78, 5) is 34.8. The first-order valence-electron chi connectivity index (χ1n) is 23.9. The minimum absolute atomic E-state index is 0.00125. The lowest BCUT2D eigenvalue weighted by Crippen LogP contribution is -2.58. The number of fused-ring (bicyclic) bond motifs is 3. The summed E-state index contributed by atoms with van der Waals surface area (Å²) in [5, 5.41) is 21.5. The molecule has 0 saturated carbocycles. The molecule has 1 aliphatic heterocycles. The number of sulfone groups is 1. The van der Waals surface area contributed by atoms with Gasteiger partial charge in [0.1, 0.15) is 29.1 Å². The summed E-state index contributed by atoms with van der Waals surface area (Å²) in [6.07, 6.45) is 4.39. The molecule has 0 bridgehead atoms. The maximum Gasteiger partial charge on any atom is 0.243 e. The number of aryl methyl sites for hydroxylation is 1. The normalized spacial score (nSPS) is 18.6. The van der Waals surface area contributed by atoms with Gasteiger partial charge in [-0.15, -0.1) is 0 Å². The fourth-order valence-electron chi connectivity index (χ4n) is 8.84. The Labute approximate surface area is 405 Å². The molecule has 1 fully saturated rings. The Bertz CT molecular complexity index is 2690. The number of carbonyl (C=O) groups is 2. The number of amides is 2. The molecule has 5 aromatic rings. The van der Waals surface area contributed by atoms with Crippen molar-refractivity contribution < 1.29 is 41.3 Å². The third-order valence-corrected chi connectivity index (χ3v) is 15.4. The van der Waals surface area contributed by atoms with Crippen molar-refractivity contribution in [3.05, 3.63) is 83.8 Å². The van der Waals surface area contributed by atoms with E-state index in [1.165, 1.54) is 17.7 Å². The summed E-state index contributed by atoms with van der Waals surface area (Å²) in [5.41, 5.74) is 3.62. The molecule has 5 N–H and O–H groups in total. The number of ether oxygens (including phenoxy) is 4. The van der Waals surface area contributed by atoms with Crippen LogP contribution in [0.4, 0.5) is 15.9 Å². The summed E-state index contributed by atoms with van der Waals surface area (Å²) >= 11 is 0. The second kappa shape index (κ2) is 22.2. The molecular formula is C51H69FN8O8S. The number of halogens is 1. The fraction of sp³-hybridized carbons (Fsp3) is 0.529. The molecule has 5 atom stereocenters. The Balaban J connectivity index is 0.916. The van der Waals surface area contributed by atoms with Crippen molar-refractivity contribution >= 4 is 55.0 Å². The van der Waals surface area contributed by atoms with Gasteiger partial charge in [-0.2, -0.15) is 5.10 Å². The van der Waals surface area contributed by atoms with Crippen LogP contribution < -0.4 is 26.0 Å². The molecule has 1 aliphatic carbocycles. The minimum atomic E-state index is -3.90. The number of H-pyrrole nitrogens is 1. The van der Waals surface area contributed by atoms with E-state index in [0.717, 1.165) is 24.8 Å². The third-order valence-electron chi connectivity index (χ3n) is 12.9. The Morgan fingerprint density at radius 1 is 0.942 bits per heavy atom. The second-order valence-corrected chi connectivity index (χ2v) is 22.7. The van der Waals surface area contributed by atoms with Gasteiger partial charge < -0.3 is 45.1 Å². The number of nitrogens with zero attached hydrogens (tertiary/aromatic N) is 3. The molecule has 374 valence electrons. The van der Waals surface area contributed by atoms with Crippen LogP contribution in [0.1, 0.15) is 84.9 Å². The van der Waals surface area contributed by atoms with Crippen molar-refractivity contribution in [2.45, 2.75) is 114 Å². The van der Waals surface area contributed by atoms with Crippen LogP contribution in [0.25, 0.3) is 21.8 Å². The van der Waals surface area contributed by atoms with Gasteiger partial charge in [0.15, 0.2) is 15.7 Å². The SMILES string of the molecule is CN[C@@H](C)CN[C@H](C(=O)N1C[C@@H](OCCOCCOCCOc2cc3nccc(Nc4n[nH]c5ccc(F)cc45)c3cc2S(=O)(=O)C(C)(C)C)C[C@H]1C(=O)N[C@@H]1CCCc2ccccc21)C(C)(C)C. The molecule has 0 spiro atoms. The van der Waals surface area contributed by atoms with Crippen molar-refractivity contribution in [1.29, 1.82) is 0 Å². The Morgan fingerprint density at radius 2 is 1.68 bits per heavy atom. The van der Waals surface area contributed by atoms with E-state index in [4.69, 9.17) is 18.9 Å². The van der Waals surface area contributed by atoms with Crippen molar-refractivity contribution in [2.75, 3.05) is 65.1 Å². The van der Waals surface area contributed by atoms with E-state index in [1.54, 1.807) is 56.1 Å². The summed E-state index contributed by atoms with van der Waals surface area (Å²) in [6.45, 7) is 15.2. The Kier molecular flexibility index (Phi) is 16.6. The second-order valence-electron chi connectivity index (χ2n) is 20.0. The zero-order chi connectivity index (χ0) is 49.5. The molecule has 3 aromatic carbocycles. The molecule has 0 radical (unpaired) electrons. The highest BCUT2D eigenvalue weighted by atomic mass is 32.2. The van der Waals surface area contributed by atoms with E-state index in [1.807, 2.05) is 40.0 Å². The van der Waals surface area contributed by atoms with Gasteiger partial charge in [-0.05, 0) is 101 Å². The molecular weight excluding hydrogens is 904 g/mol. The van der Waals surface area contributed by atoms with Gasteiger partial charge in [-0.3, -0.25) is 19.7 Å². The maximum atomic E-state index is 14.4. The van der Waals surface area contributed by atoms with E-state index in [2.05, 4.69) is 55.5 Å². The van der Waals surface area contributed by atoms with Crippen LogP contribution in [0.2, 0.25) is 0 Å². The molecule has 1 saturated heterocycles. The molecule has 2 aromatic heterocycles. The number of aromatic nitrogens is 3. The number of rotatable bonds is 21. The summed E-state index contributed by atoms with van der Waals surface area (Å²) in [5.74, 6) is -0.182. The number of carbonyl (C=O) groups excluding carboxylic acids is 2. The zero-order valence-corrected chi connectivity index (χ0v) is 41.9. The average Bonchev–Trinajstić information content (AvgIpc) is 3.92. The number of hydrogen-bond acceptors (Lipinski definition) is 13. The first kappa shape index (κ1) is 51.6. The minimum Gasteiger partial charge on any atom is -0.490 e. The van der Waals surface area contributed by atoms with Crippen LogP contribution in [0.3, 0.4) is 0 Å². The summed E-state index contributed by atoms with van der Waals surface area (Å²) in [6, 6.07) is 16.2. The summed E-state index contributed by atoms with van der Waals surface area (Å²) < 4.78 is 64.8. The lowest BCUT2D eigenvalue weighted by Gasteiger charge is -2.36. The molecule has 3 heterocycles. The number of likely N-dealkylation sites (tertiary alicyclic amines) is 1.